The molecule has 0 spiro atoms. The van der Waals surface area contributed by atoms with Crippen LogP contribution in [0.5, 0.6) is 0 Å². The first-order valence-corrected chi connectivity index (χ1v) is 12.3. The van der Waals surface area contributed by atoms with E-state index in [9.17, 15) is 22.4 Å². The van der Waals surface area contributed by atoms with Crippen LogP contribution in [0.3, 0.4) is 0 Å². The molecule has 0 aliphatic carbocycles. The van der Waals surface area contributed by atoms with Crippen molar-refractivity contribution in [1.29, 1.82) is 0 Å². The molecule has 2 bridgehead atoms. The van der Waals surface area contributed by atoms with Gasteiger partial charge in [-0.05, 0) is 6.42 Å². The zero-order chi connectivity index (χ0) is 26.6. The van der Waals surface area contributed by atoms with Crippen LogP contribution in [0.15, 0.2) is 43.3 Å². The maximum absolute atomic E-state index is 14.8. The summed E-state index contributed by atoms with van der Waals surface area (Å²) in [7, 11) is 0. The van der Waals surface area contributed by atoms with E-state index >= 15 is 0 Å². The number of carbonyl (C=O) groups is 1. The van der Waals surface area contributed by atoms with Gasteiger partial charge in [-0.3, -0.25) is 9.20 Å². The van der Waals surface area contributed by atoms with E-state index in [-0.39, 0.29) is 31.0 Å². The van der Waals surface area contributed by atoms with Crippen LogP contribution in [0, 0.1) is 0 Å². The molecule has 38 heavy (non-hydrogen) atoms. The maximum atomic E-state index is 14.8. The second-order valence-electron chi connectivity index (χ2n) is 9.89. The lowest BCUT2D eigenvalue weighted by Gasteiger charge is -2.36. The number of hydrogen-bond donors (Lipinski definition) is 1. The standard InChI is InChI=1S/C24H25F4N9O/c1-14(13-38)36-11-19-5-18(36)12-37(19)21-20-8-32-23(35(20)3-2-29-21)34-9-16(25)4-17(10-34)33-22-30-6-15(7-31-22)24(26,27)28/h2-3,6-8,13,16-19H,1,4-5,9-12H2,(H,30,31,33)/t16-,17-,18+,19+/m1/s1. The van der Waals surface area contributed by atoms with Crippen LogP contribution in [0.1, 0.15) is 18.4 Å². The summed E-state index contributed by atoms with van der Waals surface area (Å²) in [6.45, 7) is 5.73. The van der Waals surface area contributed by atoms with Crippen LogP contribution in [0.2, 0.25) is 0 Å². The summed E-state index contributed by atoms with van der Waals surface area (Å²) in [5.74, 6) is 1.33. The van der Waals surface area contributed by atoms with Gasteiger partial charge in [-0.1, -0.05) is 6.58 Å². The number of allylic oxidation sites excluding steroid dienone is 1. The van der Waals surface area contributed by atoms with Crippen molar-refractivity contribution < 1.29 is 22.4 Å². The molecule has 1 N–H and O–H groups in total. The van der Waals surface area contributed by atoms with Crippen molar-refractivity contribution in [3.8, 4) is 0 Å². The molecule has 0 saturated carbocycles. The van der Waals surface area contributed by atoms with Gasteiger partial charge in [0.05, 0.1) is 30.0 Å². The van der Waals surface area contributed by atoms with Crippen LogP contribution in [-0.2, 0) is 11.0 Å². The lowest BCUT2D eigenvalue weighted by atomic mass is 10.0. The molecule has 0 amide bonds. The van der Waals surface area contributed by atoms with Gasteiger partial charge >= 0.3 is 6.18 Å². The van der Waals surface area contributed by atoms with Crippen LogP contribution in [0.25, 0.3) is 5.52 Å². The van der Waals surface area contributed by atoms with Crippen LogP contribution < -0.4 is 15.1 Å². The van der Waals surface area contributed by atoms with E-state index in [4.69, 9.17) is 0 Å². The second-order valence-corrected chi connectivity index (χ2v) is 9.89. The Morgan fingerprint density at radius 2 is 1.82 bits per heavy atom. The Kier molecular flexibility index (Phi) is 5.83. The van der Waals surface area contributed by atoms with Crippen molar-refractivity contribution in [2.45, 2.75) is 43.3 Å². The number of aromatic nitrogens is 5. The number of piperidine rings is 1. The topological polar surface area (TPSA) is 94.8 Å². The molecule has 0 aromatic carbocycles. The summed E-state index contributed by atoms with van der Waals surface area (Å²) in [6.07, 6.45) is 2.74. The van der Waals surface area contributed by atoms with Gasteiger partial charge in [0.2, 0.25) is 11.9 Å². The molecule has 4 atom stereocenters. The summed E-state index contributed by atoms with van der Waals surface area (Å²) in [4.78, 5) is 34.0. The summed E-state index contributed by atoms with van der Waals surface area (Å²) in [5.41, 5.74) is 0.329. The van der Waals surface area contributed by atoms with Gasteiger partial charge in [-0.15, -0.1) is 0 Å². The molecule has 3 aromatic rings. The Balaban J connectivity index is 1.20. The number of alkyl halides is 4. The first-order chi connectivity index (χ1) is 18.2. The lowest BCUT2D eigenvalue weighted by molar-refractivity contribution is -0.138. The fourth-order valence-electron chi connectivity index (χ4n) is 5.74. The molecule has 6 heterocycles. The number of imidazole rings is 1. The number of likely N-dealkylation sites (tertiary alicyclic amines) is 1. The fraction of sp³-hybridized carbons (Fsp3) is 0.458. The summed E-state index contributed by atoms with van der Waals surface area (Å²) < 4.78 is 55.1. The van der Waals surface area contributed by atoms with E-state index in [0.717, 1.165) is 24.0 Å². The van der Waals surface area contributed by atoms with Crippen molar-refractivity contribution in [3.63, 3.8) is 0 Å². The van der Waals surface area contributed by atoms with Crippen molar-refractivity contribution in [3.05, 3.63) is 48.8 Å². The van der Waals surface area contributed by atoms with Crippen LogP contribution in [0.4, 0.5) is 35.3 Å². The quantitative estimate of drug-likeness (QED) is 0.293. The molecular weight excluding hydrogens is 506 g/mol. The lowest BCUT2D eigenvalue weighted by Crippen LogP contribution is -2.48. The number of nitrogens with one attached hydrogen (secondary N) is 1. The second kappa shape index (κ2) is 9.10. The first-order valence-electron chi connectivity index (χ1n) is 12.3. The highest BCUT2D eigenvalue weighted by molar-refractivity contribution is 5.74. The van der Waals surface area contributed by atoms with Crippen molar-refractivity contribution in [1.82, 2.24) is 29.2 Å². The highest BCUT2D eigenvalue weighted by Gasteiger charge is 2.45. The number of carbonyl (C=O) groups excluding carboxylic acids is 1. The van der Waals surface area contributed by atoms with Gasteiger partial charge in [0.25, 0.3) is 0 Å². The molecular formula is C24H25F4N9O. The summed E-state index contributed by atoms with van der Waals surface area (Å²) in [5, 5.41) is 2.96. The third kappa shape index (κ3) is 4.27. The van der Waals surface area contributed by atoms with Crippen LogP contribution >= 0.6 is 0 Å². The normalized spacial score (nSPS) is 25.3. The minimum atomic E-state index is -4.53. The SMILES string of the molecule is C=C(C=O)N1C[C@@H]2C[C@H]1CN2c1nccn2c(N3C[C@H](F)C[C@@H](Nc4ncc(C(F)(F)F)cn4)C3)ncc12. The van der Waals surface area contributed by atoms with Gasteiger partial charge in [0, 0.05) is 62.9 Å². The number of anilines is 3. The van der Waals surface area contributed by atoms with Gasteiger partial charge in [-0.2, -0.15) is 13.2 Å². The van der Waals surface area contributed by atoms with E-state index < -0.39 is 24.0 Å². The van der Waals surface area contributed by atoms with Gasteiger partial charge in [0.15, 0.2) is 12.1 Å². The van der Waals surface area contributed by atoms with E-state index in [1.165, 1.54) is 0 Å². The summed E-state index contributed by atoms with van der Waals surface area (Å²) in [6, 6.07) is -0.0533. The van der Waals surface area contributed by atoms with Gasteiger partial charge < -0.3 is 20.0 Å². The third-order valence-corrected chi connectivity index (χ3v) is 7.43. The maximum Gasteiger partial charge on any atom is 0.419 e. The zero-order valence-electron chi connectivity index (χ0n) is 20.2. The predicted octanol–water partition coefficient (Wildman–Crippen LogP) is 2.54. The molecule has 3 saturated heterocycles. The fourth-order valence-corrected chi connectivity index (χ4v) is 5.74. The molecule has 0 radical (unpaired) electrons. The van der Waals surface area contributed by atoms with E-state index in [1.807, 2.05) is 9.30 Å². The number of aldehydes is 1. The van der Waals surface area contributed by atoms with Crippen LogP contribution in [-0.4, -0.2) is 86.0 Å². The largest absolute Gasteiger partial charge is 0.419 e. The Morgan fingerprint density at radius 3 is 2.50 bits per heavy atom. The number of fused-ring (bicyclic) bond motifs is 3. The molecule has 14 heteroatoms. The molecule has 10 nitrogen and oxygen atoms in total. The average Bonchev–Trinajstić information content (AvgIpc) is 3.62. The molecule has 6 rings (SSSR count). The van der Waals surface area contributed by atoms with Crippen molar-refractivity contribution >= 4 is 29.5 Å². The average molecular weight is 532 g/mol. The number of piperazine rings is 1. The van der Waals surface area contributed by atoms with Crippen molar-refractivity contribution in [2.75, 3.05) is 41.3 Å². The number of rotatable bonds is 6. The van der Waals surface area contributed by atoms with E-state index in [1.54, 1.807) is 23.5 Å². The minimum absolute atomic E-state index is 0.00639. The van der Waals surface area contributed by atoms with E-state index in [2.05, 4.69) is 36.7 Å². The van der Waals surface area contributed by atoms with Gasteiger partial charge in [0.1, 0.15) is 11.7 Å². The number of hydrogen-bond acceptors (Lipinski definition) is 9. The molecule has 3 aromatic heterocycles. The Morgan fingerprint density at radius 1 is 1.03 bits per heavy atom. The van der Waals surface area contributed by atoms with E-state index in [0.29, 0.717) is 43.7 Å². The smallest absolute Gasteiger partial charge is 0.362 e. The Bertz CT molecular complexity index is 1360. The highest BCUT2D eigenvalue weighted by atomic mass is 19.4. The molecule has 200 valence electrons. The molecule has 0 unspecified atom stereocenters. The highest BCUT2D eigenvalue weighted by Crippen LogP contribution is 2.37. The predicted molar refractivity (Wildman–Crippen MR) is 131 cm³/mol. The first kappa shape index (κ1) is 24.4. The number of halogens is 4. The number of nitrogens with zero attached hydrogens (tertiary/aromatic N) is 8. The molecule has 3 aliphatic heterocycles. The zero-order valence-corrected chi connectivity index (χ0v) is 20.2. The Hall–Kier alpha value is -3.97. The Labute approximate surface area is 215 Å². The van der Waals surface area contributed by atoms with Gasteiger partial charge in [-0.25, -0.2) is 24.3 Å². The minimum Gasteiger partial charge on any atom is -0.362 e. The third-order valence-electron chi connectivity index (χ3n) is 7.43. The summed E-state index contributed by atoms with van der Waals surface area (Å²) >= 11 is 0. The molecule has 3 fully saturated rings. The monoisotopic (exact) mass is 531 g/mol. The molecule has 3 aliphatic rings. The van der Waals surface area contributed by atoms with Crippen molar-refractivity contribution in [2.24, 2.45) is 0 Å².